The first-order valence-corrected chi connectivity index (χ1v) is 9.52. The van der Waals surface area contributed by atoms with Crippen molar-refractivity contribution in [3.05, 3.63) is 30.3 Å². The molecular weight excluding hydrogens is 348 g/mol. The molecule has 0 bridgehead atoms. The summed E-state index contributed by atoms with van der Waals surface area (Å²) in [5.74, 6) is -1.09. The molecule has 1 aromatic carbocycles. The van der Waals surface area contributed by atoms with Crippen molar-refractivity contribution >= 4 is 17.8 Å². The smallest absolute Gasteiger partial charge is 0.308 e. The van der Waals surface area contributed by atoms with Crippen LogP contribution < -0.4 is 4.74 Å². The molecule has 1 aromatic rings. The van der Waals surface area contributed by atoms with Gasteiger partial charge in [-0.15, -0.1) is 0 Å². The number of para-hydroxylation sites is 1. The van der Waals surface area contributed by atoms with E-state index in [0.29, 0.717) is 38.2 Å². The molecule has 2 heterocycles. The van der Waals surface area contributed by atoms with Gasteiger partial charge in [-0.2, -0.15) is 0 Å². The molecule has 0 aliphatic carbocycles. The molecule has 0 saturated carbocycles. The van der Waals surface area contributed by atoms with E-state index in [-0.39, 0.29) is 30.9 Å². The van der Waals surface area contributed by atoms with Crippen LogP contribution in [0.5, 0.6) is 5.75 Å². The number of likely N-dealkylation sites (tertiary alicyclic amines) is 2. The molecule has 2 aliphatic rings. The number of rotatable bonds is 5. The molecule has 2 atom stereocenters. The minimum absolute atomic E-state index is 0.0255. The predicted octanol–water partition coefficient (Wildman–Crippen LogP) is 1.63. The molecule has 2 fully saturated rings. The molecule has 3 rings (SSSR count). The second-order valence-electron chi connectivity index (χ2n) is 7.24. The number of carboxylic acid groups (broad SMARTS) is 1. The van der Waals surface area contributed by atoms with Gasteiger partial charge in [0.05, 0.1) is 11.8 Å². The van der Waals surface area contributed by atoms with Crippen molar-refractivity contribution in [3.8, 4) is 5.75 Å². The van der Waals surface area contributed by atoms with Gasteiger partial charge in [0.25, 0.3) is 5.91 Å². The van der Waals surface area contributed by atoms with Gasteiger partial charge >= 0.3 is 5.97 Å². The van der Waals surface area contributed by atoms with Crippen molar-refractivity contribution in [2.45, 2.75) is 25.7 Å². The van der Waals surface area contributed by atoms with E-state index in [4.69, 9.17) is 4.74 Å². The summed E-state index contributed by atoms with van der Waals surface area (Å²) < 4.78 is 5.52. The Hall–Kier alpha value is -2.57. The van der Waals surface area contributed by atoms with Crippen LogP contribution in [0.15, 0.2) is 30.3 Å². The SMILES string of the molecule is O=C(O)[C@H]1CCCN(C(=O)C2CCCN(C(=O)COc3ccccc3)C2)C1. The molecule has 7 nitrogen and oxygen atoms in total. The van der Waals surface area contributed by atoms with Crippen molar-refractivity contribution in [3.63, 3.8) is 0 Å². The summed E-state index contributed by atoms with van der Waals surface area (Å²) in [7, 11) is 0. The number of carbonyl (C=O) groups is 3. The van der Waals surface area contributed by atoms with Crippen molar-refractivity contribution in [2.75, 3.05) is 32.8 Å². The predicted molar refractivity (Wildman–Crippen MR) is 98.2 cm³/mol. The Morgan fingerprint density at radius 3 is 2.30 bits per heavy atom. The number of aliphatic carboxylic acids is 1. The van der Waals surface area contributed by atoms with E-state index >= 15 is 0 Å². The van der Waals surface area contributed by atoms with Crippen LogP contribution in [0, 0.1) is 11.8 Å². The summed E-state index contributed by atoms with van der Waals surface area (Å²) in [5.41, 5.74) is 0. The Labute approximate surface area is 158 Å². The number of hydrogen-bond donors (Lipinski definition) is 1. The molecular formula is C20H26N2O5. The molecule has 1 unspecified atom stereocenters. The van der Waals surface area contributed by atoms with Crippen molar-refractivity contribution in [1.29, 1.82) is 0 Å². The zero-order valence-corrected chi connectivity index (χ0v) is 15.4. The third kappa shape index (κ3) is 4.99. The van der Waals surface area contributed by atoms with Gasteiger partial charge in [0.2, 0.25) is 5.91 Å². The summed E-state index contributed by atoms with van der Waals surface area (Å²) in [5, 5.41) is 9.21. The number of carboxylic acids is 1. The fraction of sp³-hybridized carbons (Fsp3) is 0.550. The minimum atomic E-state index is -0.842. The van der Waals surface area contributed by atoms with Gasteiger partial charge in [-0.3, -0.25) is 14.4 Å². The van der Waals surface area contributed by atoms with Crippen LogP contribution in [0.3, 0.4) is 0 Å². The Morgan fingerprint density at radius 1 is 0.963 bits per heavy atom. The maximum atomic E-state index is 12.8. The summed E-state index contributed by atoms with van der Waals surface area (Å²) in [6.07, 6.45) is 2.83. The van der Waals surface area contributed by atoms with Crippen LogP contribution >= 0.6 is 0 Å². The van der Waals surface area contributed by atoms with E-state index in [9.17, 15) is 19.5 Å². The fourth-order valence-corrected chi connectivity index (χ4v) is 3.80. The number of carbonyl (C=O) groups excluding carboxylic acids is 2. The topological polar surface area (TPSA) is 87.2 Å². The van der Waals surface area contributed by atoms with E-state index < -0.39 is 11.9 Å². The number of ether oxygens (including phenoxy) is 1. The van der Waals surface area contributed by atoms with Crippen LogP contribution in [0.2, 0.25) is 0 Å². The van der Waals surface area contributed by atoms with Crippen LogP contribution in [0.25, 0.3) is 0 Å². The van der Waals surface area contributed by atoms with E-state index in [1.165, 1.54) is 0 Å². The maximum absolute atomic E-state index is 12.8. The average molecular weight is 374 g/mol. The molecule has 27 heavy (non-hydrogen) atoms. The number of piperidine rings is 2. The Kier molecular flexibility index (Phi) is 6.32. The molecule has 2 aliphatic heterocycles. The van der Waals surface area contributed by atoms with Gasteiger partial charge in [-0.25, -0.2) is 0 Å². The number of nitrogens with zero attached hydrogens (tertiary/aromatic N) is 2. The quantitative estimate of drug-likeness (QED) is 0.846. The lowest BCUT2D eigenvalue weighted by Gasteiger charge is -2.37. The lowest BCUT2D eigenvalue weighted by atomic mass is 9.93. The van der Waals surface area contributed by atoms with Crippen LogP contribution in [0.1, 0.15) is 25.7 Å². The molecule has 146 valence electrons. The summed E-state index contributed by atoms with van der Waals surface area (Å²) in [6, 6.07) is 9.16. The molecule has 2 saturated heterocycles. The second-order valence-corrected chi connectivity index (χ2v) is 7.24. The molecule has 7 heteroatoms. The molecule has 0 spiro atoms. The second kappa shape index (κ2) is 8.88. The minimum Gasteiger partial charge on any atom is -0.484 e. The number of amides is 2. The number of hydrogen-bond acceptors (Lipinski definition) is 4. The van der Waals surface area contributed by atoms with Crippen LogP contribution in [0.4, 0.5) is 0 Å². The van der Waals surface area contributed by atoms with Crippen LogP contribution in [-0.4, -0.2) is 65.5 Å². The van der Waals surface area contributed by atoms with Gasteiger partial charge in [0.15, 0.2) is 6.61 Å². The first-order valence-electron chi connectivity index (χ1n) is 9.52. The first kappa shape index (κ1) is 19.2. The summed E-state index contributed by atoms with van der Waals surface area (Å²) in [6.45, 7) is 1.83. The van der Waals surface area contributed by atoms with Crippen molar-refractivity contribution in [2.24, 2.45) is 11.8 Å². The highest BCUT2D eigenvalue weighted by molar-refractivity contribution is 5.82. The standard InChI is InChI=1S/C20H26N2O5/c23-18(14-27-17-8-2-1-3-9-17)21-10-4-6-15(12-21)19(24)22-11-5-7-16(13-22)20(25)26/h1-3,8-9,15-16H,4-7,10-14H2,(H,25,26)/t15?,16-/m0/s1. The summed E-state index contributed by atoms with van der Waals surface area (Å²) in [4.78, 5) is 39.9. The van der Waals surface area contributed by atoms with E-state index in [1.54, 1.807) is 21.9 Å². The van der Waals surface area contributed by atoms with Gasteiger partial charge in [0.1, 0.15) is 5.75 Å². The van der Waals surface area contributed by atoms with Crippen molar-refractivity contribution < 1.29 is 24.2 Å². The van der Waals surface area contributed by atoms with E-state index in [1.807, 2.05) is 18.2 Å². The molecule has 1 N–H and O–H groups in total. The maximum Gasteiger partial charge on any atom is 0.308 e. The molecule has 0 radical (unpaired) electrons. The van der Waals surface area contributed by atoms with Gasteiger partial charge in [-0.05, 0) is 37.8 Å². The Balaban J connectivity index is 1.53. The average Bonchev–Trinajstić information content (AvgIpc) is 2.72. The molecule has 0 aromatic heterocycles. The number of benzene rings is 1. The van der Waals surface area contributed by atoms with E-state index in [2.05, 4.69) is 0 Å². The first-order chi connectivity index (χ1) is 13.0. The third-order valence-electron chi connectivity index (χ3n) is 5.31. The normalized spacial score (nSPS) is 23.0. The van der Waals surface area contributed by atoms with Crippen molar-refractivity contribution in [1.82, 2.24) is 9.80 Å². The lowest BCUT2D eigenvalue weighted by molar-refractivity contribution is -0.148. The lowest BCUT2D eigenvalue weighted by Crippen LogP contribution is -2.50. The highest BCUT2D eigenvalue weighted by atomic mass is 16.5. The summed E-state index contributed by atoms with van der Waals surface area (Å²) >= 11 is 0. The van der Waals surface area contributed by atoms with Gasteiger partial charge < -0.3 is 19.6 Å². The van der Waals surface area contributed by atoms with Gasteiger partial charge in [0, 0.05) is 26.2 Å². The monoisotopic (exact) mass is 374 g/mol. The Morgan fingerprint density at radius 2 is 1.59 bits per heavy atom. The largest absolute Gasteiger partial charge is 0.484 e. The third-order valence-corrected chi connectivity index (χ3v) is 5.31. The highest BCUT2D eigenvalue weighted by Gasteiger charge is 2.34. The zero-order valence-electron chi connectivity index (χ0n) is 15.4. The highest BCUT2D eigenvalue weighted by Crippen LogP contribution is 2.23. The van der Waals surface area contributed by atoms with Crippen LogP contribution in [-0.2, 0) is 14.4 Å². The molecule has 2 amide bonds. The van der Waals surface area contributed by atoms with Gasteiger partial charge in [-0.1, -0.05) is 18.2 Å². The Bertz CT molecular complexity index is 678. The van der Waals surface area contributed by atoms with E-state index in [0.717, 1.165) is 12.8 Å². The fourth-order valence-electron chi connectivity index (χ4n) is 3.80. The zero-order chi connectivity index (χ0) is 19.2.